The van der Waals surface area contributed by atoms with Gasteiger partial charge in [-0.2, -0.15) is 0 Å². The number of rotatable bonds is 6. The van der Waals surface area contributed by atoms with Gasteiger partial charge in [0, 0.05) is 24.2 Å². The second-order valence-corrected chi connectivity index (χ2v) is 6.70. The smallest absolute Gasteiger partial charge is 0.251 e. The molecule has 1 unspecified atom stereocenters. The van der Waals surface area contributed by atoms with E-state index in [1.807, 2.05) is 56.3 Å². The maximum atomic E-state index is 12.4. The minimum absolute atomic E-state index is 0.177. The number of aliphatic imine (C=N–C) groups is 1. The number of para-hydroxylation sites is 1. The number of carbonyl (C=O) groups excluding carboxylic acids is 1. The highest BCUT2D eigenvalue weighted by atomic mass is 16.5. The van der Waals surface area contributed by atoms with Crippen LogP contribution in [0.25, 0.3) is 0 Å². The number of nitrogens with zero attached hydrogens (tertiary/aromatic N) is 1. The van der Waals surface area contributed by atoms with Crippen LogP contribution in [0.5, 0.6) is 5.75 Å². The number of ether oxygens (including phenoxy) is 1. The molecule has 27 heavy (non-hydrogen) atoms. The lowest BCUT2D eigenvalue weighted by Gasteiger charge is -2.21. The fourth-order valence-corrected chi connectivity index (χ4v) is 3.01. The Labute approximate surface area is 159 Å². The number of hydrogen-bond donors (Lipinski definition) is 2. The maximum Gasteiger partial charge on any atom is 0.251 e. The molecule has 0 saturated heterocycles. The van der Waals surface area contributed by atoms with Crippen molar-refractivity contribution in [2.45, 2.75) is 33.1 Å². The monoisotopic (exact) mass is 364 g/mol. The molecule has 1 aliphatic heterocycles. The number of hydrogen-bond acceptors (Lipinski definition) is 4. The summed E-state index contributed by atoms with van der Waals surface area (Å²) in [5.74, 6) is 0.635. The van der Waals surface area contributed by atoms with Crippen molar-refractivity contribution in [3.05, 3.63) is 76.9 Å². The summed E-state index contributed by atoms with van der Waals surface area (Å²) in [6.45, 7) is 4.60. The number of amides is 1. The number of aliphatic hydroxyl groups excluding tert-OH is 1. The zero-order valence-electron chi connectivity index (χ0n) is 15.6. The zero-order chi connectivity index (χ0) is 19.2. The van der Waals surface area contributed by atoms with Crippen LogP contribution in [0.4, 0.5) is 0 Å². The first-order valence-corrected chi connectivity index (χ1v) is 8.98. The summed E-state index contributed by atoms with van der Waals surface area (Å²) in [4.78, 5) is 16.5. The van der Waals surface area contributed by atoms with Gasteiger partial charge < -0.3 is 15.2 Å². The third kappa shape index (κ3) is 5.05. The van der Waals surface area contributed by atoms with E-state index in [9.17, 15) is 9.90 Å². The molecule has 1 amide bonds. The van der Waals surface area contributed by atoms with Crippen molar-refractivity contribution in [1.29, 1.82) is 0 Å². The van der Waals surface area contributed by atoms with E-state index in [1.165, 1.54) is 0 Å². The molecule has 0 saturated carbocycles. The van der Waals surface area contributed by atoms with Gasteiger partial charge in [-0.05, 0) is 49.2 Å². The molecule has 0 spiro atoms. The highest BCUT2D eigenvalue weighted by molar-refractivity contribution is 5.94. The Kier molecular flexibility index (Phi) is 6.04. The summed E-state index contributed by atoms with van der Waals surface area (Å²) in [5.41, 5.74) is 4.29. The Morgan fingerprint density at radius 2 is 1.85 bits per heavy atom. The van der Waals surface area contributed by atoms with Crippen LogP contribution in [0.2, 0.25) is 0 Å². The second kappa shape index (κ2) is 8.64. The van der Waals surface area contributed by atoms with Gasteiger partial charge in [0.25, 0.3) is 5.91 Å². The van der Waals surface area contributed by atoms with Crippen LogP contribution in [-0.4, -0.2) is 29.5 Å². The Bertz CT molecular complexity index is 855. The molecule has 3 rings (SSSR count). The molecule has 2 aromatic rings. The van der Waals surface area contributed by atoms with Crippen LogP contribution < -0.4 is 10.1 Å². The van der Waals surface area contributed by atoms with E-state index in [0.29, 0.717) is 18.7 Å². The van der Waals surface area contributed by atoms with Gasteiger partial charge >= 0.3 is 0 Å². The van der Waals surface area contributed by atoms with Gasteiger partial charge in [-0.3, -0.25) is 9.79 Å². The van der Waals surface area contributed by atoms with Crippen molar-refractivity contribution in [3.63, 3.8) is 0 Å². The molecular formula is C22H24N2O3. The number of benzene rings is 2. The Hall–Kier alpha value is -2.92. The molecule has 140 valence electrons. The van der Waals surface area contributed by atoms with E-state index in [2.05, 4.69) is 10.3 Å². The summed E-state index contributed by atoms with van der Waals surface area (Å²) >= 11 is 0. The van der Waals surface area contributed by atoms with E-state index >= 15 is 0 Å². The SMILES string of the molecule is CC1=NC(O)C(CNC(=O)c2ccc(COc3ccccc3)cc2)=C(C)C1. The maximum absolute atomic E-state index is 12.4. The highest BCUT2D eigenvalue weighted by Gasteiger charge is 2.19. The average Bonchev–Trinajstić information content (AvgIpc) is 2.66. The normalized spacial score (nSPS) is 16.7. The molecule has 0 aliphatic carbocycles. The first-order valence-electron chi connectivity index (χ1n) is 8.98. The quantitative estimate of drug-likeness (QED) is 0.771. The fourth-order valence-electron chi connectivity index (χ4n) is 3.01. The second-order valence-electron chi connectivity index (χ2n) is 6.70. The molecule has 5 heteroatoms. The topological polar surface area (TPSA) is 70.9 Å². The Morgan fingerprint density at radius 3 is 2.52 bits per heavy atom. The third-order valence-electron chi connectivity index (χ3n) is 4.53. The summed E-state index contributed by atoms with van der Waals surface area (Å²) < 4.78 is 5.70. The lowest BCUT2D eigenvalue weighted by atomic mass is 9.99. The molecule has 1 heterocycles. The first kappa shape index (κ1) is 18.9. The molecular weight excluding hydrogens is 340 g/mol. The largest absolute Gasteiger partial charge is 0.489 e. The molecule has 0 bridgehead atoms. The van der Waals surface area contributed by atoms with Crippen LogP contribution >= 0.6 is 0 Å². The number of carbonyl (C=O) groups is 1. The van der Waals surface area contributed by atoms with Gasteiger partial charge in [0.1, 0.15) is 12.4 Å². The summed E-state index contributed by atoms with van der Waals surface area (Å²) in [5, 5.41) is 12.9. The van der Waals surface area contributed by atoms with E-state index in [4.69, 9.17) is 4.74 Å². The highest BCUT2D eigenvalue weighted by Crippen LogP contribution is 2.19. The van der Waals surface area contributed by atoms with Crippen LogP contribution in [0, 0.1) is 0 Å². The van der Waals surface area contributed by atoms with Crippen molar-refractivity contribution in [2.75, 3.05) is 6.54 Å². The first-order chi connectivity index (χ1) is 13.0. The number of aliphatic hydroxyl groups is 1. The molecule has 1 atom stereocenters. The predicted molar refractivity (Wildman–Crippen MR) is 106 cm³/mol. The van der Waals surface area contributed by atoms with Crippen LogP contribution in [0.1, 0.15) is 36.2 Å². The van der Waals surface area contributed by atoms with Crippen molar-refractivity contribution in [1.82, 2.24) is 5.32 Å². The van der Waals surface area contributed by atoms with Crippen molar-refractivity contribution in [3.8, 4) is 5.75 Å². The predicted octanol–water partition coefficient (Wildman–Crippen LogP) is 3.49. The van der Waals surface area contributed by atoms with Gasteiger partial charge in [0.15, 0.2) is 6.23 Å². The zero-order valence-corrected chi connectivity index (χ0v) is 15.6. The van der Waals surface area contributed by atoms with Crippen LogP contribution in [0.3, 0.4) is 0 Å². The molecule has 2 N–H and O–H groups in total. The van der Waals surface area contributed by atoms with E-state index < -0.39 is 6.23 Å². The van der Waals surface area contributed by atoms with Gasteiger partial charge in [0.2, 0.25) is 0 Å². The Balaban J connectivity index is 1.54. The lowest BCUT2D eigenvalue weighted by molar-refractivity contribution is 0.0954. The van der Waals surface area contributed by atoms with Gasteiger partial charge in [-0.1, -0.05) is 35.9 Å². The van der Waals surface area contributed by atoms with Crippen molar-refractivity contribution in [2.24, 2.45) is 4.99 Å². The van der Waals surface area contributed by atoms with Crippen molar-refractivity contribution >= 4 is 11.6 Å². The summed E-state index contributed by atoms with van der Waals surface area (Å²) in [6, 6.07) is 16.9. The van der Waals surface area contributed by atoms with Gasteiger partial charge in [-0.15, -0.1) is 0 Å². The van der Waals surface area contributed by atoms with E-state index in [-0.39, 0.29) is 5.91 Å². The average molecular weight is 364 g/mol. The molecule has 1 aliphatic rings. The lowest BCUT2D eigenvalue weighted by Crippen LogP contribution is -2.31. The molecule has 0 radical (unpaired) electrons. The summed E-state index contributed by atoms with van der Waals surface area (Å²) in [7, 11) is 0. The van der Waals surface area contributed by atoms with Gasteiger partial charge in [0.05, 0.1) is 0 Å². The fraction of sp³-hybridized carbons (Fsp3) is 0.273. The number of dihydropyridines is 1. The standard InChI is InChI=1S/C22H24N2O3/c1-15-12-16(2)24-22(26)20(15)13-23-21(25)18-10-8-17(9-11-18)14-27-19-6-4-3-5-7-19/h3-11,22,26H,12-14H2,1-2H3,(H,23,25). The van der Waals surface area contributed by atoms with E-state index in [1.54, 1.807) is 12.1 Å². The third-order valence-corrected chi connectivity index (χ3v) is 4.53. The van der Waals surface area contributed by atoms with Crippen LogP contribution in [0.15, 0.2) is 70.7 Å². The molecule has 0 aromatic heterocycles. The number of allylic oxidation sites excluding steroid dienone is 1. The van der Waals surface area contributed by atoms with E-state index in [0.717, 1.165) is 34.6 Å². The number of nitrogens with one attached hydrogen (secondary N) is 1. The van der Waals surface area contributed by atoms with Gasteiger partial charge in [-0.25, -0.2) is 0 Å². The Morgan fingerprint density at radius 1 is 1.15 bits per heavy atom. The minimum Gasteiger partial charge on any atom is -0.489 e. The van der Waals surface area contributed by atoms with Crippen molar-refractivity contribution < 1.29 is 14.6 Å². The molecule has 2 aromatic carbocycles. The molecule has 0 fully saturated rings. The van der Waals surface area contributed by atoms with Crippen LogP contribution in [-0.2, 0) is 6.61 Å². The summed E-state index contributed by atoms with van der Waals surface area (Å²) in [6.07, 6.45) is -0.130. The molecule has 5 nitrogen and oxygen atoms in total. The minimum atomic E-state index is -0.864.